The fraction of sp³-hybridized carbons (Fsp3) is 0.200. The Kier molecular flexibility index (Phi) is 4.57. The molecule has 0 N–H and O–H groups in total. The van der Waals surface area contributed by atoms with Crippen molar-refractivity contribution in [1.82, 2.24) is 0 Å². The van der Waals surface area contributed by atoms with Gasteiger partial charge in [-0.05, 0) is 28.5 Å². The Morgan fingerprint density at radius 3 is 2.10 bits per heavy atom. The Bertz CT molecular complexity index is 564. The van der Waals surface area contributed by atoms with Gasteiger partial charge in [-0.3, -0.25) is 0 Å². The van der Waals surface area contributed by atoms with Crippen molar-refractivity contribution in [3.8, 4) is 0 Å². The van der Waals surface area contributed by atoms with Gasteiger partial charge in [-0.25, -0.2) is 0 Å². The molecule has 2 aliphatic rings. The Labute approximate surface area is 122 Å². The average Bonchev–Trinajstić information content (AvgIpc) is 2.91. The molecule has 0 unspecified atom stereocenters. The topological polar surface area (TPSA) is 0 Å². The van der Waals surface area contributed by atoms with Gasteiger partial charge < -0.3 is 0 Å². The summed E-state index contributed by atoms with van der Waals surface area (Å²) in [4.78, 5) is 0. The van der Waals surface area contributed by atoms with Crippen LogP contribution in [0.3, 0.4) is 0 Å². The van der Waals surface area contributed by atoms with E-state index in [0.29, 0.717) is 0 Å². The van der Waals surface area contributed by atoms with Crippen molar-refractivity contribution in [2.75, 3.05) is 0 Å². The maximum Gasteiger partial charge on any atom is -0.00631 e. The zero-order valence-electron chi connectivity index (χ0n) is 12.3. The molecule has 0 amide bonds. The summed E-state index contributed by atoms with van der Waals surface area (Å²) in [7, 11) is 0. The summed E-state index contributed by atoms with van der Waals surface area (Å²) in [6.45, 7) is 8.28. The number of allylic oxidation sites excluding steroid dienone is 9. The summed E-state index contributed by atoms with van der Waals surface area (Å²) in [5.41, 5.74) is 4.16. The third-order valence-corrected chi connectivity index (χ3v) is 3.57. The van der Waals surface area contributed by atoms with Gasteiger partial charge in [-0.15, -0.1) is 0 Å². The molecule has 0 saturated carbocycles. The summed E-state index contributed by atoms with van der Waals surface area (Å²) >= 11 is 0. The molecule has 0 heterocycles. The van der Waals surface area contributed by atoms with Gasteiger partial charge in [0, 0.05) is 0 Å². The summed E-state index contributed by atoms with van der Waals surface area (Å²) in [6.07, 6.45) is 15.7. The van der Waals surface area contributed by atoms with E-state index in [2.05, 4.69) is 69.0 Å². The Morgan fingerprint density at radius 2 is 1.60 bits per heavy atom. The fourth-order valence-corrected chi connectivity index (χ4v) is 2.38. The minimum absolute atomic E-state index is 0.274. The van der Waals surface area contributed by atoms with Gasteiger partial charge in [-0.2, -0.15) is 0 Å². The smallest absolute Gasteiger partial charge is 0.00631 e. The van der Waals surface area contributed by atoms with Gasteiger partial charge in [0.25, 0.3) is 0 Å². The SMILES string of the molecule is C=C1C=CC=C1.CC1(C)CC=CC=C1c1ccccc1. The molecule has 3 rings (SSSR count). The van der Waals surface area contributed by atoms with E-state index < -0.39 is 0 Å². The molecule has 102 valence electrons. The van der Waals surface area contributed by atoms with Crippen molar-refractivity contribution < 1.29 is 0 Å². The first-order valence-electron chi connectivity index (χ1n) is 7.06. The molecular formula is C20H22. The largest absolute Gasteiger partial charge is 0.0918 e. The number of benzene rings is 1. The molecule has 0 aromatic heterocycles. The van der Waals surface area contributed by atoms with Crippen LogP contribution in [-0.2, 0) is 0 Å². The van der Waals surface area contributed by atoms with Crippen LogP contribution in [0.25, 0.3) is 5.57 Å². The van der Waals surface area contributed by atoms with Crippen molar-refractivity contribution in [3.05, 3.63) is 90.6 Å². The van der Waals surface area contributed by atoms with E-state index in [1.54, 1.807) is 0 Å². The van der Waals surface area contributed by atoms with Gasteiger partial charge in [-0.1, -0.05) is 93.3 Å². The summed E-state index contributed by atoms with van der Waals surface area (Å²) in [5, 5.41) is 0. The molecule has 1 aromatic rings. The Hall–Kier alpha value is -2.08. The third-order valence-electron chi connectivity index (χ3n) is 3.57. The second-order valence-electron chi connectivity index (χ2n) is 5.76. The predicted molar refractivity (Wildman–Crippen MR) is 89.4 cm³/mol. The van der Waals surface area contributed by atoms with E-state index in [1.165, 1.54) is 11.1 Å². The van der Waals surface area contributed by atoms with Crippen LogP contribution >= 0.6 is 0 Å². The third kappa shape index (κ3) is 3.71. The first-order chi connectivity index (χ1) is 9.59. The van der Waals surface area contributed by atoms with Crippen molar-refractivity contribution in [1.29, 1.82) is 0 Å². The molecule has 20 heavy (non-hydrogen) atoms. The molecule has 0 heteroatoms. The molecule has 0 spiro atoms. The lowest BCUT2D eigenvalue weighted by atomic mass is 9.75. The zero-order chi connectivity index (χ0) is 14.4. The number of hydrogen-bond donors (Lipinski definition) is 0. The molecule has 0 aliphatic heterocycles. The lowest BCUT2D eigenvalue weighted by molar-refractivity contribution is 0.506. The molecule has 1 aromatic carbocycles. The first kappa shape index (κ1) is 14.3. The van der Waals surface area contributed by atoms with Crippen LogP contribution in [0.4, 0.5) is 0 Å². The maximum absolute atomic E-state index is 3.68. The summed E-state index contributed by atoms with van der Waals surface area (Å²) in [6, 6.07) is 10.6. The monoisotopic (exact) mass is 262 g/mol. The molecule has 0 atom stereocenters. The van der Waals surface area contributed by atoms with Crippen LogP contribution in [0.15, 0.2) is 85.0 Å². The highest BCUT2D eigenvalue weighted by Crippen LogP contribution is 2.39. The molecule has 2 aliphatic carbocycles. The summed E-state index contributed by atoms with van der Waals surface area (Å²) < 4.78 is 0. The highest BCUT2D eigenvalue weighted by atomic mass is 14.3. The van der Waals surface area contributed by atoms with Gasteiger partial charge in [0.1, 0.15) is 0 Å². The van der Waals surface area contributed by atoms with Crippen molar-refractivity contribution in [2.24, 2.45) is 5.41 Å². The minimum atomic E-state index is 0.274. The average molecular weight is 262 g/mol. The highest BCUT2D eigenvalue weighted by Gasteiger charge is 2.24. The van der Waals surface area contributed by atoms with E-state index in [-0.39, 0.29) is 5.41 Å². The van der Waals surface area contributed by atoms with E-state index in [9.17, 15) is 0 Å². The van der Waals surface area contributed by atoms with Gasteiger partial charge in [0.2, 0.25) is 0 Å². The van der Waals surface area contributed by atoms with E-state index in [0.717, 1.165) is 12.0 Å². The highest BCUT2D eigenvalue weighted by molar-refractivity contribution is 5.72. The van der Waals surface area contributed by atoms with E-state index in [4.69, 9.17) is 0 Å². The van der Waals surface area contributed by atoms with Crippen molar-refractivity contribution in [3.63, 3.8) is 0 Å². The van der Waals surface area contributed by atoms with Crippen molar-refractivity contribution in [2.45, 2.75) is 20.3 Å². The lowest BCUT2D eigenvalue weighted by Gasteiger charge is -2.29. The molecule has 0 bridgehead atoms. The van der Waals surface area contributed by atoms with E-state index in [1.807, 2.05) is 24.3 Å². The van der Waals surface area contributed by atoms with Crippen LogP contribution in [0, 0.1) is 5.41 Å². The second kappa shape index (κ2) is 6.38. The molecule has 0 nitrogen and oxygen atoms in total. The number of hydrogen-bond acceptors (Lipinski definition) is 0. The predicted octanol–water partition coefficient (Wildman–Crippen LogP) is 5.72. The van der Waals surface area contributed by atoms with E-state index >= 15 is 0 Å². The van der Waals surface area contributed by atoms with Crippen LogP contribution in [0.2, 0.25) is 0 Å². The van der Waals surface area contributed by atoms with Gasteiger partial charge in [0.05, 0.1) is 0 Å². The minimum Gasteiger partial charge on any atom is -0.0918 e. The van der Waals surface area contributed by atoms with Gasteiger partial charge in [0.15, 0.2) is 0 Å². The quantitative estimate of drug-likeness (QED) is 0.606. The lowest BCUT2D eigenvalue weighted by Crippen LogP contribution is -2.14. The molecule has 0 saturated heterocycles. The Balaban J connectivity index is 0.000000205. The summed E-state index contributed by atoms with van der Waals surface area (Å²) in [5.74, 6) is 0. The fourth-order valence-electron chi connectivity index (χ4n) is 2.38. The molecule has 0 fully saturated rings. The number of rotatable bonds is 1. The molecule has 0 radical (unpaired) electrons. The maximum atomic E-state index is 3.68. The van der Waals surface area contributed by atoms with Gasteiger partial charge >= 0.3 is 0 Å². The second-order valence-corrected chi connectivity index (χ2v) is 5.76. The van der Waals surface area contributed by atoms with Crippen LogP contribution in [0.5, 0.6) is 0 Å². The standard InChI is InChI=1S/C14H16.C6H6/c1-14(2)11-7-6-10-13(14)12-8-4-3-5-9-12;1-6-4-2-3-5-6/h3-10H,11H2,1-2H3;2-5H,1H2. The van der Waals surface area contributed by atoms with Crippen molar-refractivity contribution >= 4 is 5.57 Å². The molecular weight excluding hydrogens is 240 g/mol. The zero-order valence-corrected chi connectivity index (χ0v) is 12.3. The van der Waals surface area contributed by atoms with Crippen LogP contribution < -0.4 is 0 Å². The van der Waals surface area contributed by atoms with Crippen LogP contribution in [-0.4, -0.2) is 0 Å². The first-order valence-corrected chi connectivity index (χ1v) is 7.06. The van der Waals surface area contributed by atoms with Crippen LogP contribution in [0.1, 0.15) is 25.8 Å². The Morgan fingerprint density at radius 1 is 0.950 bits per heavy atom. The normalized spacial score (nSPS) is 18.5.